The molecule has 3 aromatic rings. The normalized spacial score (nSPS) is 12.1. The van der Waals surface area contributed by atoms with E-state index in [1.54, 1.807) is 18.2 Å². The Kier molecular flexibility index (Phi) is 5.62. The summed E-state index contributed by atoms with van der Waals surface area (Å²) in [6.45, 7) is 3.95. The van der Waals surface area contributed by atoms with E-state index < -0.39 is 5.97 Å². The first-order valence-corrected chi connectivity index (χ1v) is 9.82. The van der Waals surface area contributed by atoms with Gasteiger partial charge in [-0.05, 0) is 43.7 Å². The van der Waals surface area contributed by atoms with Crippen molar-refractivity contribution in [3.8, 4) is 11.5 Å². The van der Waals surface area contributed by atoms with Crippen LogP contribution in [0.4, 0.5) is 0 Å². The van der Waals surface area contributed by atoms with Crippen LogP contribution in [0.3, 0.4) is 0 Å². The van der Waals surface area contributed by atoms with E-state index in [0.29, 0.717) is 17.9 Å². The van der Waals surface area contributed by atoms with Crippen LogP contribution in [0, 0.1) is 13.8 Å². The van der Waals surface area contributed by atoms with Crippen LogP contribution in [0.25, 0.3) is 0 Å². The lowest BCUT2D eigenvalue weighted by Crippen LogP contribution is -2.25. The quantitative estimate of drug-likeness (QED) is 0.429. The molecule has 0 saturated carbocycles. The molecule has 160 valence electrons. The number of pyridine rings is 1. The molecule has 8 heteroatoms. The second-order valence-corrected chi connectivity index (χ2v) is 7.31. The summed E-state index contributed by atoms with van der Waals surface area (Å²) >= 11 is 0. The third-order valence-electron chi connectivity index (χ3n) is 5.21. The van der Waals surface area contributed by atoms with Gasteiger partial charge >= 0.3 is 5.97 Å². The maximum absolute atomic E-state index is 12.7. The lowest BCUT2D eigenvalue weighted by Gasteiger charge is -2.11. The van der Waals surface area contributed by atoms with Gasteiger partial charge in [0.15, 0.2) is 18.1 Å². The van der Waals surface area contributed by atoms with Crippen molar-refractivity contribution in [2.45, 2.75) is 26.9 Å². The zero-order valence-electron chi connectivity index (χ0n) is 17.3. The van der Waals surface area contributed by atoms with Crippen LogP contribution in [-0.2, 0) is 22.6 Å². The van der Waals surface area contributed by atoms with E-state index in [1.807, 2.05) is 36.6 Å². The van der Waals surface area contributed by atoms with E-state index >= 15 is 0 Å². The Morgan fingerprint density at radius 3 is 2.68 bits per heavy atom. The van der Waals surface area contributed by atoms with Crippen LogP contribution in [0.2, 0.25) is 0 Å². The van der Waals surface area contributed by atoms with Crippen molar-refractivity contribution < 1.29 is 23.8 Å². The smallest absolute Gasteiger partial charge is 0.326 e. The second kappa shape index (κ2) is 8.51. The number of benzene rings is 1. The maximum atomic E-state index is 12.7. The highest BCUT2D eigenvalue weighted by Gasteiger charge is 2.19. The van der Waals surface area contributed by atoms with Gasteiger partial charge in [0, 0.05) is 35.8 Å². The van der Waals surface area contributed by atoms with Crippen LogP contribution in [0.5, 0.6) is 11.5 Å². The summed E-state index contributed by atoms with van der Waals surface area (Å²) in [4.78, 5) is 36.4. The molecule has 3 heterocycles. The summed E-state index contributed by atoms with van der Waals surface area (Å²) in [6, 6.07) is 12.1. The van der Waals surface area contributed by atoms with E-state index in [1.165, 1.54) is 16.8 Å². The number of carbonyl (C=O) groups is 2. The SMILES string of the molecule is Cc1cc(C(=O)COC(=O)Cn2ccccc2=O)c(C)n1Cc1ccc2c(c1)OCO2. The lowest BCUT2D eigenvalue weighted by atomic mass is 10.1. The average Bonchev–Trinajstić information content (AvgIpc) is 3.33. The number of hydrogen-bond donors (Lipinski definition) is 0. The molecule has 0 aliphatic carbocycles. The van der Waals surface area contributed by atoms with Crippen LogP contribution in [-0.4, -0.2) is 34.3 Å². The largest absolute Gasteiger partial charge is 0.456 e. The average molecular weight is 422 g/mol. The van der Waals surface area contributed by atoms with Gasteiger partial charge in [-0.2, -0.15) is 0 Å². The zero-order valence-corrected chi connectivity index (χ0v) is 17.3. The first-order valence-electron chi connectivity index (χ1n) is 9.82. The van der Waals surface area contributed by atoms with Crippen LogP contribution < -0.4 is 15.0 Å². The fourth-order valence-electron chi connectivity index (χ4n) is 3.55. The number of carbonyl (C=O) groups excluding carboxylic acids is 2. The number of aromatic nitrogens is 2. The molecule has 0 saturated heterocycles. The molecule has 0 amide bonds. The first-order chi connectivity index (χ1) is 14.9. The molecule has 0 N–H and O–H groups in total. The van der Waals surface area contributed by atoms with E-state index in [0.717, 1.165) is 22.7 Å². The Bertz CT molecular complexity index is 1210. The van der Waals surface area contributed by atoms with Gasteiger partial charge in [0.05, 0.1) is 0 Å². The van der Waals surface area contributed by atoms with E-state index in [-0.39, 0.29) is 31.3 Å². The lowest BCUT2D eigenvalue weighted by molar-refractivity contribution is -0.143. The highest BCUT2D eigenvalue weighted by Crippen LogP contribution is 2.33. The molecule has 2 aromatic heterocycles. The summed E-state index contributed by atoms with van der Waals surface area (Å²) in [5.41, 5.74) is 2.92. The van der Waals surface area contributed by atoms with Gasteiger partial charge in [-0.25, -0.2) is 0 Å². The van der Waals surface area contributed by atoms with Crippen molar-refractivity contribution in [2.75, 3.05) is 13.4 Å². The number of Topliss-reactive ketones (excluding diaryl/α,β-unsaturated/α-hetero) is 1. The third kappa shape index (κ3) is 4.37. The molecule has 8 nitrogen and oxygen atoms in total. The number of fused-ring (bicyclic) bond motifs is 1. The van der Waals surface area contributed by atoms with Crippen LogP contribution >= 0.6 is 0 Å². The fourth-order valence-corrected chi connectivity index (χ4v) is 3.55. The number of hydrogen-bond acceptors (Lipinski definition) is 6. The molecule has 1 aliphatic heterocycles. The Morgan fingerprint density at radius 2 is 1.87 bits per heavy atom. The molecule has 0 spiro atoms. The molecular formula is C23H22N2O6. The molecule has 0 atom stereocenters. The summed E-state index contributed by atoms with van der Waals surface area (Å²) in [5, 5.41) is 0. The molecule has 4 rings (SSSR count). The zero-order chi connectivity index (χ0) is 22.0. The Balaban J connectivity index is 1.41. The van der Waals surface area contributed by atoms with Gasteiger partial charge in [0.2, 0.25) is 12.6 Å². The van der Waals surface area contributed by atoms with Crippen molar-refractivity contribution >= 4 is 11.8 Å². The highest BCUT2D eigenvalue weighted by atomic mass is 16.7. The highest BCUT2D eigenvalue weighted by molar-refractivity contribution is 5.99. The Morgan fingerprint density at radius 1 is 1.06 bits per heavy atom. The number of aryl methyl sites for hydroxylation is 1. The minimum atomic E-state index is -0.643. The predicted molar refractivity (Wildman–Crippen MR) is 112 cm³/mol. The van der Waals surface area contributed by atoms with Gasteiger partial charge in [-0.3, -0.25) is 14.4 Å². The van der Waals surface area contributed by atoms with E-state index in [4.69, 9.17) is 14.2 Å². The van der Waals surface area contributed by atoms with Crippen LogP contribution in [0.1, 0.15) is 27.3 Å². The molecule has 0 fully saturated rings. The van der Waals surface area contributed by atoms with Gasteiger partial charge in [0.1, 0.15) is 6.54 Å². The number of esters is 1. The monoisotopic (exact) mass is 422 g/mol. The summed E-state index contributed by atoms with van der Waals surface area (Å²) in [7, 11) is 0. The van der Waals surface area contributed by atoms with E-state index in [2.05, 4.69) is 0 Å². The summed E-state index contributed by atoms with van der Waals surface area (Å²) in [5.74, 6) is 0.496. The third-order valence-corrected chi connectivity index (χ3v) is 5.21. The predicted octanol–water partition coefficient (Wildman–Crippen LogP) is 2.47. The second-order valence-electron chi connectivity index (χ2n) is 7.31. The minimum absolute atomic E-state index is 0.219. The van der Waals surface area contributed by atoms with Gasteiger partial charge in [-0.1, -0.05) is 12.1 Å². The topological polar surface area (TPSA) is 88.8 Å². The molecule has 1 aliphatic rings. The van der Waals surface area contributed by atoms with Crippen molar-refractivity contribution in [1.82, 2.24) is 9.13 Å². The Hall–Kier alpha value is -3.81. The van der Waals surface area contributed by atoms with E-state index in [9.17, 15) is 14.4 Å². The number of ether oxygens (including phenoxy) is 3. The molecule has 0 bridgehead atoms. The first kappa shape index (κ1) is 20.5. The van der Waals surface area contributed by atoms with Gasteiger partial charge in [-0.15, -0.1) is 0 Å². The Labute approximate surface area is 178 Å². The van der Waals surface area contributed by atoms with Crippen molar-refractivity contribution in [3.63, 3.8) is 0 Å². The minimum Gasteiger partial charge on any atom is -0.456 e. The molecule has 0 radical (unpaired) electrons. The fraction of sp³-hybridized carbons (Fsp3) is 0.261. The molecular weight excluding hydrogens is 400 g/mol. The molecule has 31 heavy (non-hydrogen) atoms. The number of rotatable bonds is 7. The molecule has 0 unspecified atom stereocenters. The maximum Gasteiger partial charge on any atom is 0.326 e. The van der Waals surface area contributed by atoms with Gasteiger partial charge < -0.3 is 23.3 Å². The van der Waals surface area contributed by atoms with Crippen molar-refractivity contribution in [1.29, 1.82) is 0 Å². The molecule has 1 aromatic carbocycles. The van der Waals surface area contributed by atoms with Crippen molar-refractivity contribution in [2.24, 2.45) is 0 Å². The van der Waals surface area contributed by atoms with Crippen molar-refractivity contribution in [3.05, 3.63) is 81.5 Å². The number of nitrogens with zero attached hydrogens (tertiary/aromatic N) is 2. The van der Waals surface area contributed by atoms with Crippen LogP contribution in [0.15, 0.2) is 53.5 Å². The standard InChI is InChI=1S/C23H22N2O6/c1-15-9-18(19(26)13-29-23(28)12-24-8-4-3-5-22(24)27)16(2)25(15)11-17-6-7-20-21(10-17)31-14-30-20/h3-10H,11-14H2,1-2H3. The summed E-state index contributed by atoms with van der Waals surface area (Å²) < 4.78 is 19.1. The summed E-state index contributed by atoms with van der Waals surface area (Å²) in [6.07, 6.45) is 1.50. The van der Waals surface area contributed by atoms with Gasteiger partial charge in [0.25, 0.3) is 5.56 Å². The number of ketones is 1.